The van der Waals surface area contributed by atoms with Crippen LogP contribution in [0.15, 0.2) is 23.2 Å². The molecule has 0 unspecified atom stereocenters. The molecule has 0 spiro atoms. The van der Waals surface area contributed by atoms with Crippen molar-refractivity contribution in [3.8, 4) is 11.5 Å². The van der Waals surface area contributed by atoms with Crippen LogP contribution < -0.4 is 20.1 Å². The number of ether oxygens (including phenoxy) is 2. The summed E-state index contributed by atoms with van der Waals surface area (Å²) in [4.78, 5) is 4.56. The Morgan fingerprint density at radius 3 is 2.67 bits per heavy atom. The zero-order chi connectivity index (χ0) is 19.0. The van der Waals surface area contributed by atoms with Gasteiger partial charge in [0.2, 0.25) is 16.8 Å². The summed E-state index contributed by atoms with van der Waals surface area (Å²) in [5, 5.41) is 6.42. The molecule has 1 aliphatic rings. The number of halogens is 1. The molecule has 8 nitrogen and oxygen atoms in total. The van der Waals surface area contributed by atoms with Gasteiger partial charge in [-0.1, -0.05) is 6.07 Å². The van der Waals surface area contributed by atoms with Crippen molar-refractivity contribution in [2.24, 2.45) is 4.99 Å². The second kappa shape index (κ2) is 11.5. The maximum absolute atomic E-state index is 11.7. The molecular formula is C17H29IN4O4S. The van der Waals surface area contributed by atoms with E-state index in [1.54, 1.807) is 14.0 Å². The standard InChI is InChI=1S/C17H28N4O4S.HI/c1-4-18-17(19-9-6-10-21(3)26(22,23)5-2)20-12-14-7-8-15-16(11-14)25-13-24-15;/h7-8,11H,4-6,9-10,12-13H2,1-3H3,(H2,18,19,20);1H. The van der Waals surface area contributed by atoms with Crippen LogP contribution >= 0.6 is 24.0 Å². The fourth-order valence-corrected chi connectivity index (χ4v) is 3.27. The number of hydrogen-bond acceptors (Lipinski definition) is 5. The summed E-state index contributed by atoms with van der Waals surface area (Å²) < 4.78 is 35.5. The summed E-state index contributed by atoms with van der Waals surface area (Å²) in [5.41, 5.74) is 1.03. The lowest BCUT2D eigenvalue weighted by Gasteiger charge is -2.16. The van der Waals surface area contributed by atoms with Crippen molar-refractivity contribution < 1.29 is 17.9 Å². The Balaban J connectivity index is 0.00000364. The predicted octanol–water partition coefficient (Wildman–Crippen LogP) is 1.76. The lowest BCUT2D eigenvalue weighted by molar-refractivity contribution is 0.174. The van der Waals surface area contributed by atoms with Crippen LogP contribution in [-0.4, -0.2) is 57.9 Å². The van der Waals surface area contributed by atoms with Crippen molar-refractivity contribution >= 4 is 40.0 Å². The van der Waals surface area contributed by atoms with Crippen LogP contribution in [0, 0.1) is 0 Å². The molecule has 154 valence electrons. The lowest BCUT2D eigenvalue weighted by Crippen LogP contribution is -2.39. The van der Waals surface area contributed by atoms with E-state index < -0.39 is 10.0 Å². The normalized spacial score (nSPS) is 13.4. The molecule has 0 fully saturated rings. The first-order valence-electron chi connectivity index (χ1n) is 8.81. The maximum atomic E-state index is 11.7. The average molecular weight is 512 g/mol. The van der Waals surface area contributed by atoms with E-state index >= 15 is 0 Å². The number of sulfonamides is 1. The number of nitrogens with one attached hydrogen (secondary N) is 2. The topological polar surface area (TPSA) is 92.3 Å². The minimum atomic E-state index is -3.12. The molecule has 2 N–H and O–H groups in total. The highest BCUT2D eigenvalue weighted by Gasteiger charge is 2.14. The number of fused-ring (bicyclic) bond motifs is 1. The first-order chi connectivity index (χ1) is 12.5. The van der Waals surface area contributed by atoms with Gasteiger partial charge in [-0.25, -0.2) is 17.7 Å². The molecule has 0 atom stereocenters. The van der Waals surface area contributed by atoms with Gasteiger partial charge < -0.3 is 20.1 Å². The third-order valence-electron chi connectivity index (χ3n) is 3.98. The number of aliphatic imine (C=N–C) groups is 1. The molecule has 0 saturated carbocycles. The van der Waals surface area contributed by atoms with Crippen molar-refractivity contribution in [2.45, 2.75) is 26.8 Å². The summed E-state index contributed by atoms with van der Waals surface area (Å²) >= 11 is 0. The van der Waals surface area contributed by atoms with E-state index in [1.807, 2.05) is 25.1 Å². The zero-order valence-corrected chi connectivity index (χ0v) is 19.2. The first-order valence-corrected chi connectivity index (χ1v) is 10.4. The van der Waals surface area contributed by atoms with E-state index in [4.69, 9.17) is 9.47 Å². The van der Waals surface area contributed by atoms with Gasteiger partial charge in [0.25, 0.3) is 0 Å². The second-order valence-electron chi connectivity index (χ2n) is 5.89. The van der Waals surface area contributed by atoms with Crippen LogP contribution in [0.1, 0.15) is 25.8 Å². The van der Waals surface area contributed by atoms with Crippen LogP contribution in [0.3, 0.4) is 0 Å². The van der Waals surface area contributed by atoms with E-state index in [1.165, 1.54) is 4.31 Å². The third kappa shape index (κ3) is 7.34. The average Bonchev–Trinajstić information content (AvgIpc) is 3.10. The van der Waals surface area contributed by atoms with E-state index in [0.717, 1.165) is 23.6 Å². The number of benzene rings is 1. The van der Waals surface area contributed by atoms with Gasteiger partial charge in [-0.05, 0) is 38.0 Å². The molecule has 0 amide bonds. The Hall–Kier alpha value is -1.27. The molecule has 0 aromatic heterocycles. The van der Waals surface area contributed by atoms with E-state index in [0.29, 0.717) is 32.0 Å². The Kier molecular flexibility index (Phi) is 10.2. The monoisotopic (exact) mass is 512 g/mol. The summed E-state index contributed by atoms with van der Waals surface area (Å²) in [5.74, 6) is 2.33. The molecule has 0 aliphatic carbocycles. The van der Waals surface area contributed by atoms with E-state index in [9.17, 15) is 8.42 Å². The highest BCUT2D eigenvalue weighted by molar-refractivity contribution is 14.0. The van der Waals surface area contributed by atoms with Gasteiger partial charge in [0.15, 0.2) is 17.5 Å². The van der Waals surface area contributed by atoms with Crippen LogP contribution in [0.2, 0.25) is 0 Å². The van der Waals surface area contributed by atoms with Crippen molar-refractivity contribution in [3.63, 3.8) is 0 Å². The molecule has 1 aliphatic heterocycles. The lowest BCUT2D eigenvalue weighted by atomic mass is 10.2. The fourth-order valence-electron chi connectivity index (χ4n) is 2.42. The van der Waals surface area contributed by atoms with Gasteiger partial charge in [-0.15, -0.1) is 24.0 Å². The number of hydrogen-bond donors (Lipinski definition) is 2. The van der Waals surface area contributed by atoms with Gasteiger partial charge in [-0.2, -0.15) is 0 Å². The quantitative estimate of drug-likeness (QED) is 0.227. The second-order valence-corrected chi connectivity index (χ2v) is 8.25. The van der Waals surface area contributed by atoms with Crippen molar-refractivity contribution in [3.05, 3.63) is 23.8 Å². The molecule has 0 bridgehead atoms. The van der Waals surface area contributed by atoms with Crippen LogP contribution in [0.25, 0.3) is 0 Å². The molecule has 0 radical (unpaired) electrons. The minimum absolute atomic E-state index is 0. The van der Waals surface area contributed by atoms with Crippen molar-refractivity contribution in [1.29, 1.82) is 0 Å². The predicted molar refractivity (Wildman–Crippen MR) is 118 cm³/mol. The van der Waals surface area contributed by atoms with Crippen LogP contribution in [-0.2, 0) is 16.6 Å². The number of nitrogens with zero attached hydrogens (tertiary/aromatic N) is 2. The van der Waals surface area contributed by atoms with Crippen LogP contribution in [0.5, 0.6) is 11.5 Å². The van der Waals surface area contributed by atoms with E-state index in [2.05, 4.69) is 15.6 Å². The largest absolute Gasteiger partial charge is 0.454 e. The highest BCUT2D eigenvalue weighted by atomic mass is 127. The highest BCUT2D eigenvalue weighted by Crippen LogP contribution is 2.32. The molecule has 0 saturated heterocycles. The Labute approximate surface area is 178 Å². The summed E-state index contributed by atoms with van der Waals surface area (Å²) in [7, 11) is -1.51. The molecule has 27 heavy (non-hydrogen) atoms. The fraction of sp³-hybridized carbons (Fsp3) is 0.588. The number of guanidine groups is 1. The molecular weight excluding hydrogens is 483 g/mol. The molecule has 10 heteroatoms. The Bertz CT molecular complexity index is 728. The summed E-state index contributed by atoms with van der Waals surface area (Å²) in [6.45, 7) is 6.28. The Morgan fingerprint density at radius 2 is 1.96 bits per heavy atom. The van der Waals surface area contributed by atoms with Gasteiger partial charge in [0, 0.05) is 26.7 Å². The van der Waals surface area contributed by atoms with Gasteiger partial charge in [0.05, 0.1) is 12.3 Å². The van der Waals surface area contributed by atoms with Gasteiger partial charge in [0.1, 0.15) is 0 Å². The SMILES string of the molecule is CCNC(=NCc1ccc2c(c1)OCO2)NCCCN(C)S(=O)(=O)CC.I. The van der Waals surface area contributed by atoms with Crippen molar-refractivity contribution in [1.82, 2.24) is 14.9 Å². The molecule has 1 heterocycles. The first kappa shape index (κ1) is 23.8. The summed E-state index contributed by atoms with van der Waals surface area (Å²) in [6.07, 6.45) is 0.699. The van der Waals surface area contributed by atoms with Crippen LogP contribution in [0.4, 0.5) is 0 Å². The molecule has 1 aromatic rings. The van der Waals surface area contributed by atoms with Gasteiger partial charge in [-0.3, -0.25) is 0 Å². The Morgan fingerprint density at radius 1 is 1.22 bits per heavy atom. The van der Waals surface area contributed by atoms with E-state index in [-0.39, 0.29) is 36.5 Å². The minimum Gasteiger partial charge on any atom is -0.454 e. The zero-order valence-electron chi connectivity index (χ0n) is 16.0. The van der Waals surface area contributed by atoms with Gasteiger partial charge >= 0.3 is 0 Å². The molecule has 2 rings (SSSR count). The van der Waals surface area contributed by atoms with Crippen molar-refractivity contribution in [2.75, 3.05) is 39.2 Å². The maximum Gasteiger partial charge on any atom is 0.231 e. The smallest absolute Gasteiger partial charge is 0.231 e. The summed E-state index contributed by atoms with van der Waals surface area (Å²) in [6, 6.07) is 5.78. The third-order valence-corrected chi connectivity index (χ3v) is 5.84. The number of rotatable bonds is 9. The molecule has 1 aromatic carbocycles.